The molecular formula is C26H27ClN2O. The van der Waals surface area contributed by atoms with Gasteiger partial charge in [0.15, 0.2) is 11.6 Å². The maximum Gasteiger partial charge on any atom is 0.176 e. The highest BCUT2D eigenvalue weighted by molar-refractivity contribution is 6.39. The lowest BCUT2D eigenvalue weighted by atomic mass is 10.0. The number of ketones is 1. The first kappa shape index (κ1) is 21.9. The second kappa shape index (κ2) is 10.8. The summed E-state index contributed by atoms with van der Waals surface area (Å²) < 4.78 is 0. The smallest absolute Gasteiger partial charge is 0.176 e. The zero-order chi connectivity index (χ0) is 21.3. The van der Waals surface area contributed by atoms with Crippen LogP contribution in [0.5, 0.6) is 0 Å². The molecule has 30 heavy (non-hydrogen) atoms. The molecule has 3 aromatic rings. The Hall–Kier alpha value is -2.78. The third kappa shape index (κ3) is 6.11. The quantitative estimate of drug-likeness (QED) is 0.273. The highest BCUT2D eigenvalue weighted by Gasteiger charge is 2.10. The summed E-state index contributed by atoms with van der Waals surface area (Å²) >= 11 is 6.28. The number of Topliss-reactive ketones (excluding diaryl/α,β-unsaturated/α-hetero) is 1. The monoisotopic (exact) mass is 418 g/mol. The van der Waals surface area contributed by atoms with Crippen LogP contribution in [-0.4, -0.2) is 16.5 Å². The third-order valence-corrected chi connectivity index (χ3v) is 5.45. The van der Waals surface area contributed by atoms with E-state index >= 15 is 0 Å². The van der Waals surface area contributed by atoms with E-state index in [1.165, 1.54) is 5.56 Å². The predicted molar refractivity (Wildman–Crippen MR) is 126 cm³/mol. The van der Waals surface area contributed by atoms with Gasteiger partial charge < -0.3 is 0 Å². The van der Waals surface area contributed by atoms with Gasteiger partial charge >= 0.3 is 0 Å². The summed E-state index contributed by atoms with van der Waals surface area (Å²) in [7, 11) is 0. The Labute approximate surface area is 183 Å². The van der Waals surface area contributed by atoms with Gasteiger partial charge in [0, 0.05) is 28.8 Å². The summed E-state index contributed by atoms with van der Waals surface area (Å²) in [6.07, 6.45) is 6.37. The topological polar surface area (TPSA) is 42.3 Å². The van der Waals surface area contributed by atoms with Crippen molar-refractivity contribution in [1.29, 1.82) is 0 Å². The molecular weight excluding hydrogens is 392 g/mol. The van der Waals surface area contributed by atoms with E-state index in [1.807, 2.05) is 43.3 Å². The molecule has 3 rings (SSSR count). The molecule has 0 N–H and O–H groups in total. The van der Waals surface area contributed by atoms with Crippen LogP contribution in [0.25, 0.3) is 11.1 Å². The largest absolute Gasteiger partial charge is 0.293 e. The molecule has 0 saturated carbocycles. The number of pyridine rings is 1. The number of unbranched alkanes of at least 4 members (excludes halogenated alkanes) is 2. The van der Waals surface area contributed by atoms with E-state index in [0.717, 1.165) is 42.4 Å². The zero-order valence-electron chi connectivity index (χ0n) is 17.6. The van der Waals surface area contributed by atoms with Gasteiger partial charge in [0.05, 0.1) is 5.71 Å². The summed E-state index contributed by atoms with van der Waals surface area (Å²) in [6.45, 7) is 3.73. The lowest BCUT2D eigenvalue weighted by molar-refractivity contribution is -0.113. The van der Waals surface area contributed by atoms with E-state index in [0.29, 0.717) is 23.0 Å². The maximum absolute atomic E-state index is 12.4. The minimum atomic E-state index is 0.0890. The van der Waals surface area contributed by atoms with Crippen molar-refractivity contribution >= 4 is 28.9 Å². The van der Waals surface area contributed by atoms with E-state index in [-0.39, 0.29) is 5.78 Å². The van der Waals surface area contributed by atoms with E-state index in [1.54, 1.807) is 13.1 Å². The number of benzene rings is 2. The van der Waals surface area contributed by atoms with Gasteiger partial charge in [0.25, 0.3) is 0 Å². The van der Waals surface area contributed by atoms with Crippen LogP contribution in [-0.2, 0) is 11.2 Å². The first-order chi connectivity index (χ1) is 14.5. The van der Waals surface area contributed by atoms with Crippen LogP contribution in [0.4, 0.5) is 5.82 Å². The fourth-order valence-electron chi connectivity index (χ4n) is 3.37. The normalized spacial score (nSPS) is 11.5. The van der Waals surface area contributed by atoms with E-state index in [4.69, 9.17) is 11.6 Å². The Bertz CT molecular complexity index is 1030. The maximum atomic E-state index is 12.4. The molecule has 0 aliphatic heterocycles. The average molecular weight is 419 g/mol. The standard InChI is InChI=1S/C26H27ClN2O/c1-19-17-22(23-14-9-10-15-24(23)27)18-28-26(19)29-20(2)25(30)16-8-4-7-13-21-11-5-3-6-12-21/h3,5-6,9-12,14-15,17-18H,4,7-8,13,16H2,1-2H3/b29-20+. The van der Waals surface area contributed by atoms with Crippen molar-refractivity contribution in [3.8, 4) is 11.1 Å². The summed E-state index contributed by atoms with van der Waals surface area (Å²) in [4.78, 5) is 21.4. The molecule has 154 valence electrons. The predicted octanol–water partition coefficient (Wildman–Crippen LogP) is 7.18. The van der Waals surface area contributed by atoms with Crippen molar-refractivity contribution in [2.75, 3.05) is 0 Å². The molecule has 0 radical (unpaired) electrons. The van der Waals surface area contributed by atoms with E-state index in [9.17, 15) is 4.79 Å². The van der Waals surface area contributed by atoms with Gasteiger partial charge in [0.1, 0.15) is 0 Å². The SMILES string of the molecule is C/C(=N\c1ncc(-c2ccccc2Cl)cc1C)C(=O)CCCCCc1ccccc1. The number of rotatable bonds is 9. The number of aryl methyl sites for hydroxylation is 2. The van der Waals surface area contributed by atoms with Crippen LogP contribution < -0.4 is 0 Å². The van der Waals surface area contributed by atoms with E-state index < -0.39 is 0 Å². The number of aromatic nitrogens is 1. The fraction of sp³-hybridized carbons (Fsp3) is 0.269. The molecule has 3 nitrogen and oxygen atoms in total. The van der Waals surface area contributed by atoms with Crippen molar-refractivity contribution in [2.24, 2.45) is 4.99 Å². The molecule has 1 heterocycles. The summed E-state index contributed by atoms with van der Waals surface area (Å²) in [5.41, 5.74) is 4.66. The van der Waals surface area contributed by atoms with Crippen LogP contribution in [0, 0.1) is 6.92 Å². The van der Waals surface area contributed by atoms with Crippen molar-refractivity contribution in [1.82, 2.24) is 4.98 Å². The molecule has 0 aliphatic carbocycles. The molecule has 0 aliphatic rings. The minimum absolute atomic E-state index is 0.0890. The average Bonchev–Trinajstić information content (AvgIpc) is 2.76. The van der Waals surface area contributed by atoms with Crippen LogP contribution in [0.1, 0.15) is 43.7 Å². The number of nitrogens with zero attached hydrogens (tertiary/aromatic N) is 2. The van der Waals surface area contributed by atoms with Crippen molar-refractivity contribution in [3.05, 3.63) is 83.0 Å². The summed E-state index contributed by atoms with van der Waals surface area (Å²) in [6, 6.07) is 20.1. The molecule has 0 fully saturated rings. The lowest BCUT2D eigenvalue weighted by Gasteiger charge is -2.07. The van der Waals surface area contributed by atoms with Gasteiger partial charge in [-0.3, -0.25) is 4.79 Å². The number of hydrogen-bond donors (Lipinski definition) is 0. The second-order valence-corrected chi connectivity index (χ2v) is 7.92. The molecule has 1 aromatic heterocycles. The number of hydrogen-bond acceptors (Lipinski definition) is 3. The third-order valence-electron chi connectivity index (χ3n) is 5.12. The van der Waals surface area contributed by atoms with Crippen molar-refractivity contribution < 1.29 is 4.79 Å². The molecule has 0 spiro atoms. The van der Waals surface area contributed by atoms with Crippen molar-refractivity contribution in [2.45, 2.75) is 46.0 Å². The molecule has 0 unspecified atom stereocenters. The van der Waals surface area contributed by atoms with Gasteiger partial charge in [-0.15, -0.1) is 0 Å². The minimum Gasteiger partial charge on any atom is -0.293 e. The summed E-state index contributed by atoms with van der Waals surface area (Å²) in [5.74, 6) is 0.673. The Balaban J connectivity index is 1.54. The molecule has 0 saturated heterocycles. The Kier molecular flexibility index (Phi) is 7.92. The number of halogens is 1. The van der Waals surface area contributed by atoms with E-state index in [2.05, 4.69) is 34.2 Å². The van der Waals surface area contributed by atoms with Crippen LogP contribution in [0.3, 0.4) is 0 Å². The first-order valence-corrected chi connectivity index (χ1v) is 10.8. The van der Waals surface area contributed by atoms with Gasteiger partial charge in [-0.1, -0.05) is 66.6 Å². The van der Waals surface area contributed by atoms with Gasteiger partial charge in [0.2, 0.25) is 0 Å². The number of carbonyl (C=O) groups excluding carboxylic acids is 1. The molecule has 0 amide bonds. The van der Waals surface area contributed by atoms with Gasteiger partial charge in [-0.05, 0) is 56.4 Å². The first-order valence-electron chi connectivity index (χ1n) is 10.4. The van der Waals surface area contributed by atoms with Crippen LogP contribution in [0.15, 0.2) is 71.9 Å². The number of aliphatic imine (C=N–C) groups is 1. The second-order valence-electron chi connectivity index (χ2n) is 7.51. The Morgan fingerprint density at radius 2 is 1.73 bits per heavy atom. The fourth-order valence-corrected chi connectivity index (χ4v) is 3.61. The Morgan fingerprint density at radius 3 is 2.47 bits per heavy atom. The van der Waals surface area contributed by atoms with Gasteiger partial charge in [-0.25, -0.2) is 9.98 Å². The van der Waals surface area contributed by atoms with Gasteiger partial charge in [-0.2, -0.15) is 0 Å². The molecule has 4 heteroatoms. The van der Waals surface area contributed by atoms with Crippen LogP contribution in [0.2, 0.25) is 5.02 Å². The van der Waals surface area contributed by atoms with Crippen molar-refractivity contribution in [3.63, 3.8) is 0 Å². The Morgan fingerprint density at radius 1 is 1.00 bits per heavy atom. The lowest BCUT2D eigenvalue weighted by Crippen LogP contribution is -2.09. The highest BCUT2D eigenvalue weighted by Crippen LogP contribution is 2.29. The summed E-state index contributed by atoms with van der Waals surface area (Å²) in [5, 5.41) is 0.688. The molecule has 0 bridgehead atoms. The van der Waals surface area contributed by atoms with Crippen LogP contribution >= 0.6 is 11.6 Å². The molecule has 2 aromatic carbocycles. The zero-order valence-corrected chi connectivity index (χ0v) is 18.3. The molecule has 0 atom stereocenters. The number of carbonyl (C=O) groups is 1. The highest BCUT2D eigenvalue weighted by atomic mass is 35.5.